The first-order valence-electron chi connectivity index (χ1n) is 8.38. The molecule has 5 nitrogen and oxygen atoms in total. The Labute approximate surface area is 162 Å². The van der Waals surface area contributed by atoms with Crippen LogP contribution in [-0.4, -0.2) is 29.7 Å². The van der Waals surface area contributed by atoms with E-state index in [4.69, 9.17) is 16.3 Å². The molecule has 0 saturated carbocycles. The van der Waals surface area contributed by atoms with Crippen molar-refractivity contribution >= 4 is 17.5 Å². The van der Waals surface area contributed by atoms with Gasteiger partial charge in [0.05, 0.1) is 30.3 Å². The van der Waals surface area contributed by atoms with E-state index in [2.05, 4.69) is 10.3 Å². The molecule has 1 heterocycles. The average molecular weight is 383 g/mol. The lowest BCUT2D eigenvalue weighted by Crippen LogP contribution is -2.31. The Hall–Kier alpha value is -2.89. The molecule has 0 aliphatic heterocycles. The first-order chi connectivity index (χ1) is 13.1. The maximum absolute atomic E-state index is 12.7. The number of aliphatic hydroxyl groups excluding tert-OH is 1. The van der Waals surface area contributed by atoms with E-state index in [1.807, 2.05) is 30.3 Å². The van der Waals surface area contributed by atoms with E-state index in [9.17, 15) is 9.90 Å². The minimum atomic E-state index is -0.607. The molecule has 1 atom stereocenters. The van der Waals surface area contributed by atoms with Gasteiger partial charge < -0.3 is 15.2 Å². The Morgan fingerprint density at radius 1 is 1.15 bits per heavy atom. The van der Waals surface area contributed by atoms with Crippen molar-refractivity contribution in [1.29, 1.82) is 0 Å². The van der Waals surface area contributed by atoms with Crippen LogP contribution in [0.25, 0.3) is 11.1 Å². The van der Waals surface area contributed by atoms with E-state index in [0.29, 0.717) is 21.9 Å². The summed E-state index contributed by atoms with van der Waals surface area (Å²) in [5, 5.41) is 12.9. The molecular weight excluding hydrogens is 364 g/mol. The standard InChI is InChI=1S/C21H19ClN2O3/c1-27-20-5-3-2-4-17(20)19(13-25)24-21(26)16-7-6-15(12-18(16)22)14-8-10-23-11-9-14/h2-12,19,25H,13H2,1H3,(H,24,26). The SMILES string of the molecule is COc1ccccc1C(CO)NC(=O)c1ccc(-c2ccncc2)cc1Cl. The highest BCUT2D eigenvalue weighted by Gasteiger charge is 2.20. The number of carbonyl (C=O) groups is 1. The van der Waals surface area contributed by atoms with Gasteiger partial charge >= 0.3 is 0 Å². The Morgan fingerprint density at radius 3 is 2.56 bits per heavy atom. The highest BCUT2D eigenvalue weighted by Crippen LogP contribution is 2.27. The van der Waals surface area contributed by atoms with Crippen LogP contribution in [0.1, 0.15) is 22.0 Å². The van der Waals surface area contributed by atoms with Gasteiger partial charge in [-0.2, -0.15) is 0 Å². The minimum Gasteiger partial charge on any atom is -0.496 e. The quantitative estimate of drug-likeness (QED) is 0.678. The van der Waals surface area contributed by atoms with E-state index < -0.39 is 6.04 Å². The van der Waals surface area contributed by atoms with Crippen LogP contribution in [0.2, 0.25) is 5.02 Å². The van der Waals surface area contributed by atoms with Gasteiger partial charge in [-0.15, -0.1) is 0 Å². The van der Waals surface area contributed by atoms with Gasteiger partial charge in [0.1, 0.15) is 5.75 Å². The fourth-order valence-corrected chi connectivity index (χ4v) is 3.10. The van der Waals surface area contributed by atoms with Crippen molar-refractivity contribution < 1.29 is 14.6 Å². The smallest absolute Gasteiger partial charge is 0.253 e. The largest absolute Gasteiger partial charge is 0.496 e. The summed E-state index contributed by atoms with van der Waals surface area (Å²) in [5.41, 5.74) is 2.88. The zero-order valence-corrected chi connectivity index (χ0v) is 15.5. The van der Waals surface area contributed by atoms with Gasteiger partial charge in [0.25, 0.3) is 5.91 Å². The molecule has 2 N–H and O–H groups in total. The van der Waals surface area contributed by atoms with Crippen LogP contribution in [0.3, 0.4) is 0 Å². The zero-order chi connectivity index (χ0) is 19.2. The van der Waals surface area contributed by atoms with Crippen molar-refractivity contribution in [3.05, 3.63) is 83.1 Å². The van der Waals surface area contributed by atoms with Gasteiger partial charge in [-0.3, -0.25) is 9.78 Å². The molecule has 0 saturated heterocycles. The molecule has 138 valence electrons. The van der Waals surface area contributed by atoms with E-state index in [1.54, 1.807) is 43.8 Å². The Morgan fingerprint density at radius 2 is 1.89 bits per heavy atom. The van der Waals surface area contributed by atoms with Crippen LogP contribution in [0.15, 0.2) is 67.0 Å². The summed E-state index contributed by atoms with van der Waals surface area (Å²) < 4.78 is 5.31. The van der Waals surface area contributed by atoms with Crippen molar-refractivity contribution in [2.75, 3.05) is 13.7 Å². The molecular formula is C21H19ClN2O3. The fourth-order valence-electron chi connectivity index (χ4n) is 2.84. The Balaban J connectivity index is 1.83. The summed E-state index contributed by atoms with van der Waals surface area (Å²) in [5.74, 6) is 0.224. The summed E-state index contributed by atoms with van der Waals surface area (Å²) in [6, 6.07) is 15.6. The molecule has 1 amide bonds. The lowest BCUT2D eigenvalue weighted by atomic mass is 10.0. The number of pyridine rings is 1. The van der Waals surface area contributed by atoms with Crippen LogP contribution >= 0.6 is 11.6 Å². The minimum absolute atomic E-state index is 0.265. The maximum atomic E-state index is 12.7. The van der Waals surface area contributed by atoms with Gasteiger partial charge in [-0.1, -0.05) is 35.9 Å². The maximum Gasteiger partial charge on any atom is 0.253 e. The van der Waals surface area contributed by atoms with E-state index in [-0.39, 0.29) is 12.5 Å². The van der Waals surface area contributed by atoms with E-state index >= 15 is 0 Å². The normalized spacial score (nSPS) is 11.7. The van der Waals surface area contributed by atoms with E-state index in [0.717, 1.165) is 11.1 Å². The topological polar surface area (TPSA) is 71.5 Å². The molecule has 3 aromatic rings. The molecule has 0 fully saturated rings. The molecule has 0 radical (unpaired) electrons. The van der Waals surface area contributed by atoms with Gasteiger partial charge in [0, 0.05) is 18.0 Å². The molecule has 3 rings (SSSR count). The molecule has 2 aromatic carbocycles. The third kappa shape index (κ3) is 4.27. The van der Waals surface area contributed by atoms with Crippen LogP contribution < -0.4 is 10.1 Å². The number of ether oxygens (including phenoxy) is 1. The number of nitrogens with one attached hydrogen (secondary N) is 1. The molecule has 0 aliphatic carbocycles. The van der Waals surface area contributed by atoms with Crippen LogP contribution in [0.4, 0.5) is 0 Å². The summed E-state index contributed by atoms with van der Waals surface area (Å²) in [4.78, 5) is 16.7. The third-order valence-corrected chi connectivity index (χ3v) is 4.54. The molecule has 27 heavy (non-hydrogen) atoms. The van der Waals surface area contributed by atoms with Crippen LogP contribution in [0.5, 0.6) is 5.75 Å². The number of aromatic nitrogens is 1. The highest BCUT2D eigenvalue weighted by atomic mass is 35.5. The zero-order valence-electron chi connectivity index (χ0n) is 14.7. The Kier molecular flexibility index (Phi) is 6.06. The lowest BCUT2D eigenvalue weighted by Gasteiger charge is -2.19. The highest BCUT2D eigenvalue weighted by molar-refractivity contribution is 6.34. The van der Waals surface area contributed by atoms with Gasteiger partial charge in [-0.05, 0) is 41.5 Å². The number of amides is 1. The number of rotatable bonds is 6. The molecule has 0 spiro atoms. The van der Waals surface area contributed by atoms with Crippen LogP contribution in [-0.2, 0) is 0 Å². The number of nitrogens with zero attached hydrogens (tertiary/aromatic N) is 1. The van der Waals surface area contributed by atoms with Crippen molar-refractivity contribution in [2.45, 2.75) is 6.04 Å². The second-order valence-corrected chi connectivity index (χ2v) is 6.29. The second kappa shape index (κ2) is 8.66. The molecule has 1 aromatic heterocycles. The first kappa shape index (κ1) is 18.9. The van der Waals surface area contributed by atoms with Gasteiger partial charge in [-0.25, -0.2) is 0 Å². The third-order valence-electron chi connectivity index (χ3n) is 4.23. The van der Waals surface area contributed by atoms with E-state index in [1.165, 1.54) is 0 Å². The fraction of sp³-hybridized carbons (Fsp3) is 0.143. The number of carbonyl (C=O) groups excluding carboxylic acids is 1. The molecule has 0 aliphatic rings. The molecule has 0 bridgehead atoms. The molecule has 1 unspecified atom stereocenters. The number of hydrogen-bond acceptors (Lipinski definition) is 4. The summed E-state index contributed by atoms with van der Waals surface area (Å²) >= 11 is 6.34. The average Bonchev–Trinajstić information content (AvgIpc) is 2.72. The number of hydrogen-bond donors (Lipinski definition) is 2. The number of aliphatic hydroxyl groups is 1. The number of halogens is 1. The van der Waals surface area contributed by atoms with Crippen molar-refractivity contribution in [2.24, 2.45) is 0 Å². The number of methoxy groups -OCH3 is 1. The number of para-hydroxylation sites is 1. The van der Waals surface area contributed by atoms with Gasteiger partial charge in [0.2, 0.25) is 0 Å². The summed E-state index contributed by atoms with van der Waals surface area (Å²) in [6.45, 7) is -0.265. The first-order valence-corrected chi connectivity index (χ1v) is 8.76. The summed E-state index contributed by atoms with van der Waals surface area (Å²) in [6.07, 6.45) is 3.39. The summed E-state index contributed by atoms with van der Waals surface area (Å²) in [7, 11) is 1.55. The monoisotopic (exact) mass is 382 g/mol. The van der Waals surface area contributed by atoms with Crippen molar-refractivity contribution in [3.8, 4) is 16.9 Å². The molecule has 6 heteroatoms. The van der Waals surface area contributed by atoms with Crippen molar-refractivity contribution in [1.82, 2.24) is 10.3 Å². The Bertz CT molecular complexity index is 932. The predicted molar refractivity (Wildman–Crippen MR) is 105 cm³/mol. The number of benzene rings is 2. The van der Waals surface area contributed by atoms with Crippen molar-refractivity contribution in [3.63, 3.8) is 0 Å². The second-order valence-electron chi connectivity index (χ2n) is 5.88. The predicted octanol–water partition coefficient (Wildman–Crippen LogP) is 3.87. The van der Waals surface area contributed by atoms with Gasteiger partial charge in [0.15, 0.2) is 0 Å². The lowest BCUT2D eigenvalue weighted by molar-refractivity contribution is 0.0915. The van der Waals surface area contributed by atoms with Crippen LogP contribution in [0, 0.1) is 0 Å².